The van der Waals surface area contributed by atoms with E-state index in [1.165, 1.54) is 6.33 Å². The van der Waals surface area contributed by atoms with Crippen molar-refractivity contribution in [1.29, 1.82) is 0 Å². The molecule has 0 saturated carbocycles. The molecule has 1 heterocycles. The SMILES string of the molecule is C[C@@H](O)c1cccc(-n2cnnn2)c1. The number of aromatic nitrogens is 4. The Morgan fingerprint density at radius 2 is 2.29 bits per heavy atom. The predicted octanol–water partition coefficient (Wildman–Crippen LogP) is 0.716. The van der Waals surface area contributed by atoms with Gasteiger partial charge in [-0.3, -0.25) is 0 Å². The van der Waals surface area contributed by atoms with Gasteiger partial charge in [-0.1, -0.05) is 12.1 Å². The van der Waals surface area contributed by atoms with Crippen LogP contribution in [0.5, 0.6) is 0 Å². The summed E-state index contributed by atoms with van der Waals surface area (Å²) in [6.45, 7) is 1.72. The fraction of sp³-hybridized carbons (Fsp3) is 0.222. The molecule has 5 heteroatoms. The maximum absolute atomic E-state index is 9.38. The zero-order valence-electron chi connectivity index (χ0n) is 7.70. The molecule has 0 bridgehead atoms. The third kappa shape index (κ3) is 1.62. The summed E-state index contributed by atoms with van der Waals surface area (Å²) in [5.74, 6) is 0. The molecule has 0 saturated heterocycles. The van der Waals surface area contributed by atoms with Gasteiger partial charge in [-0.15, -0.1) is 5.10 Å². The molecule has 1 aromatic heterocycles. The van der Waals surface area contributed by atoms with Crippen LogP contribution in [0.1, 0.15) is 18.6 Å². The summed E-state index contributed by atoms with van der Waals surface area (Å²) >= 11 is 0. The van der Waals surface area contributed by atoms with Gasteiger partial charge in [0.1, 0.15) is 6.33 Å². The topological polar surface area (TPSA) is 63.8 Å². The first-order valence-corrected chi connectivity index (χ1v) is 4.29. The van der Waals surface area contributed by atoms with Gasteiger partial charge < -0.3 is 5.11 Å². The molecule has 72 valence electrons. The molecule has 0 radical (unpaired) electrons. The van der Waals surface area contributed by atoms with Crippen LogP contribution in [0.15, 0.2) is 30.6 Å². The Balaban J connectivity index is 2.41. The summed E-state index contributed by atoms with van der Waals surface area (Å²) in [5, 5.41) is 20.2. The van der Waals surface area contributed by atoms with E-state index in [9.17, 15) is 5.11 Å². The molecule has 0 aliphatic carbocycles. The number of rotatable bonds is 2. The van der Waals surface area contributed by atoms with E-state index in [0.29, 0.717) is 0 Å². The van der Waals surface area contributed by atoms with E-state index >= 15 is 0 Å². The average Bonchev–Trinajstić information content (AvgIpc) is 2.71. The zero-order chi connectivity index (χ0) is 9.97. The molecule has 2 aromatic rings. The Labute approximate surface area is 81.0 Å². The number of hydrogen-bond acceptors (Lipinski definition) is 4. The van der Waals surface area contributed by atoms with E-state index in [-0.39, 0.29) is 0 Å². The molecule has 0 aliphatic heterocycles. The normalized spacial score (nSPS) is 12.7. The molecule has 0 fully saturated rings. The van der Waals surface area contributed by atoms with E-state index in [4.69, 9.17) is 0 Å². The van der Waals surface area contributed by atoms with Crippen molar-refractivity contribution in [3.8, 4) is 5.69 Å². The Morgan fingerprint density at radius 3 is 2.93 bits per heavy atom. The zero-order valence-corrected chi connectivity index (χ0v) is 7.70. The Hall–Kier alpha value is -1.75. The Kier molecular flexibility index (Phi) is 2.24. The van der Waals surface area contributed by atoms with Crippen molar-refractivity contribution < 1.29 is 5.11 Å². The minimum absolute atomic E-state index is 0.480. The molecule has 1 atom stereocenters. The van der Waals surface area contributed by atoms with Crippen molar-refractivity contribution >= 4 is 0 Å². The lowest BCUT2D eigenvalue weighted by atomic mass is 10.1. The maximum atomic E-state index is 9.38. The van der Waals surface area contributed by atoms with Gasteiger partial charge >= 0.3 is 0 Å². The molecular formula is C9H10N4O. The number of nitrogens with zero attached hydrogens (tertiary/aromatic N) is 4. The first-order valence-electron chi connectivity index (χ1n) is 4.29. The maximum Gasteiger partial charge on any atom is 0.143 e. The van der Waals surface area contributed by atoms with Crippen LogP contribution in [0.2, 0.25) is 0 Å². The molecule has 0 amide bonds. The molecule has 0 spiro atoms. The molecule has 14 heavy (non-hydrogen) atoms. The molecule has 5 nitrogen and oxygen atoms in total. The van der Waals surface area contributed by atoms with E-state index in [1.54, 1.807) is 11.6 Å². The van der Waals surface area contributed by atoms with Crippen molar-refractivity contribution in [3.63, 3.8) is 0 Å². The molecule has 1 aromatic carbocycles. The number of benzene rings is 1. The smallest absolute Gasteiger partial charge is 0.143 e. The van der Waals surface area contributed by atoms with Crippen LogP contribution in [0, 0.1) is 0 Å². The fourth-order valence-electron chi connectivity index (χ4n) is 1.21. The van der Waals surface area contributed by atoms with Crippen molar-refractivity contribution in [3.05, 3.63) is 36.2 Å². The van der Waals surface area contributed by atoms with Crippen molar-refractivity contribution in [1.82, 2.24) is 20.2 Å². The van der Waals surface area contributed by atoms with Gasteiger partial charge in [-0.2, -0.15) is 0 Å². The standard InChI is InChI=1S/C9H10N4O/c1-7(14)8-3-2-4-9(5-8)13-6-10-11-12-13/h2-7,14H,1H3/t7-/m1/s1. The van der Waals surface area contributed by atoms with Gasteiger partial charge in [-0.05, 0) is 35.0 Å². The van der Waals surface area contributed by atoms with Crippen LogP contribution in [0.25, 0.3) is 5.69 Å². The van der Waals surface area contributed by atoms with Gasteiger partial charge in [0.25, 0.3) is 0 Å². The third-order valence-corrected chi connectivity index (χ3v) is 1.97. The number of aliphatic hydroxyl groups is 1. The first kappa shape index (κ1) is 8.83. The second-order valence-electron chi connectivity index (χ2n) is 3.03. The Bertz CT molecular complexity index is 411. The van der Waals surface area contributed by atoms with E-state index < -0.39 is 6.10 Å². The summed E-state index contributed by atoms with van der Waals surface area (Å²) in [6.07, 6.45) is 1.03. The summed E-state index contributed by atoms with van der Waals surface area (Å²) in [7, 11) is 0. The second kappa shape index (κ2) is 3.55. The molecule has 2 rings (SSSR count). The highest BCUT2D eigenvalue weighted by atomic mass is 16.3. The van der Waals surface area contributed by atoms with Crippen LogP contribution in [0.3, 0.4) is 0 Å². The minimum atomic E-state index is -0.480. The highest BCUT2D eigenvalue weighted by Gasteiger charge is 2.03. The van der Waals surface area contributed by atoms with Crippen LogP contribution in [-0.4, -0.2) is 25.3 Å². The molecule has 1 N–H and O–H groups in total. The quantitative estimate of drug-likeness (QED) is 0.757. The fourth-order valence-corrected chi connectivity index (χ4v) is 1.21. The number of aliphatic hydroxyl groups excluding tert-OH is 1. The number of tetrazole rings is 1. The van der Waals surface area contributed by atoms with Gasteiger partial charge in [0.05, 0.1) is 11.8 Å². The lowest BCUT2D eigenvalue weighted by molar-refractivity contribution is 0.199. The summed E-state index contributed by atoms with van der Waals surface area (Å²) in [4.78, 5) is 0. The molecule has 0 aliphatic rings. The van der Waals surface area contributed by atoms with Crippen LogP contribution in [0.4, 0.5) is 0 Å². The van der Waals surface area contributed by atoms with Crippen LogP contribution >= 0.6 is 0 Å². The highest BCUT2D eigenvalue weighted by Crippen LogP contribution is 2.15. The van der Waals surface area contributed by atoms with Crippen molar-refractivity contribution in [2.75, 3.05) is 0 Å². The van der Waals surface area contributed by atoms with E-state index in [2.05, 4.69) is 15.5 Å². The lowest BCUT2D eigenvalue weighted by Gasteiger charge is -2.06. The van der Waals surface area contributed by atoms with Crippen LogP contribution < -0.4 is 0 Å². The third-order valence-electron chi connectivity index (χ3n) is 1.97. The van der Waals surface area contributed by atoms with Crippen molar-refractivity contribution in [2.45, 2.75) is 13.0 Å². The summed E-state index contributed by atoms with van der Waals surface area (Å²) in [5.41, 5.74) is 1.69. The second-order valence-corrected chi connectivity index (χ2v) is 3.03. The lowest BCUT2D eigenvalue weighted by Crippen LogP contribution is -1.98. The van der Waals surface area contributed by atoms with Crippen LogP contribution in [-0.2, 0) is 0 Å². The highest BCUT2D eigenvalue weighted by molar-refractivity contribution is 5.35. The summed E-state index contributed by atoms with van der Waals surface area (Å²) < 4.78 is 1.55. The minimum Gasteiger partial charge on any atom is -0.389 e. The monoisotopic (exact) mass is 190 g/mol. The number of hydrogen-bond donors (Lipinski definition) is 1. The van der Waals surface area contributed by atoms with E-state index in [1.807, 2.05) is 24.3 Å². The van der Waals surface area contributed by atoms with Gasteiger partial charge in [0.15, 0.2) is 0 Å². The van der Waals surface area contributed by atoms with E-state index in [0.717, 1.165) is 11.3 Å². The Morgan fingerprint density at radius 1 is 1.43 bits per heavy atom. The van der Waals surface area contributed by atoms with Gasteiger partial charge in [0.2, 0.25) is 0 Å². The molecular weight excluding hydrogens is 180 g/mol. The van der Waals surface area contributed by atoms with Gasteiger partial charge in [0, 0.05) is 0 Å². The average molecular weight is 190 g/mol. The largest absolute Gasteiger partial charge is 0.389 e. The first-order chi connectivity index (χ1) is 6.77. The summed E-state index contributed by atoms with van der Waals surface area (Å²) in [6, 6.07) is 7.45. The van der Waals surface area contributed by atoms with Crippen molar-refractivity contribution in [2.24, 2.45) is 0 Å². The van der Waals surface area contributed by atoms with Gasteiger partial charge in [-0.25, -0.2) is 4.68 Å². The predicted molar refractivity (Wildman–Crippen MR) is 49.8 cm³/mol. The molecule has 0 unspecified atom stereocenters.